The van der Waals surface area contributed by atoms with Crippen molar-refractivity contribution in [3.8, 4) is 6.07 Å². The van der Waals surface area contributed by atoms with Crippen LogP contribution in [-0.2, 0) is 16.9 Å². The molecule has 1 aromatic carbocycles. The number of carbonyl (C=O) groups is 3. The van der Waals surface area contributed by atoms with Crippen molar-refractivity contribution in [2.24, 2.45) is 0 Å². The van der Waals surface area contributed by atoms with E-state index in [0.717, 1.165) is 15.8 Å². The maximum absolute atomic E-state index is 13.0. The third-order valence-electron chi connectivity index (χ3n) is 5.14. The highest BCUT2D eigenvalue weighted by Gasteiger charge is 2.51. The second kappa shape index (κ2) is 6.95. The number of rotatable bonds is 6. The quantitative estimate of drug-likeness (QED) is 0.514. The van der Waals surface area contributed by atoms with Gasteiger partial charge in [0.25, 0.3) is 5.91 Å². The van der Waals surface area contributed by atoms with Crippen molar-refractivity contribution in [2.45, 2.75) is 25.4 Å². The Kier molecular flexibility index (Phi) is 4.43. The molecule has 3 aromatic rings. The number of imide groups is 1. The maximum atomic E-state index is 13.0. The fraction of sp³-hybridized carbons (Fsp3) is 0.238. The second-order valence-electron chi connectivity index (χ2n) is 7.01. The number of hydrogen-bond donors (Lipinski definition) is 1. The molecule has 0 bridgehead atoms. The molecule has 0 aliphatic carbocycles. The van der Waals surface area contributed by atoms with Gasteiger partial charge < -0.3 is 14.3 Å². The van der Waals surface area contributed by atoms with Gasteiger partial charge in [-0.2, -0.15) is 5.26 Å². The van der Waals surface area contributed by atoms with E-state index in [9.17, 15) is 14.4 Å². The summed E-state index contributed by atoms with van der Waals surface area (Å²) in [5.74, 6) is -0.595. The summed E-state index contributed by atoms with van der Waals surface area (Å²) in [7, 11) is 0. The fourth-order valence-electron chi connectivity index (χ4n) is 3.62. The van der Waals surface area contributed by atoms with Gasteiger partial charge in [0, 0.05) is 29.2 Å². The first-order chi connectivity index (χ1) is 14.0. The highest BCUT2D eigenvalue weighted by atomic mass is 16.3. The summed E-state index contributed by atoms with van der Waals surface area (Å²) in [6.07, 6.45) is 3.40. The van der Waals surface area contributed by atoms with E-state index in [4.69, 9.17) is 9.68 Å². The van der Waals surface area contributed by atoms with E-state index in [1.165, 1.54) is 6.26 Å². The van der Waals surface area contributed by atoms with Gasteiger partial charge in [0.2, 0.25) is 0 Å². The lowest BCUT2D eigenvalue weighted by Gasteiger charge is -2.18. The van der Waals surface area contributed by atoms with Gasteiger partial charge in [-0.15, -0.1) is 0 Å². The SMILES string of the molecule is CC1(c2ccco2)NC(=O)N(CC(=O)c2cn(CCC#N)c3ccccc23)C1=O. The van der Waals surface area contributed by atoms with Gasteiger partial charge >= 0.3 is 6.03 Å². The molecule has 1 saturated heterocycles. The molecule has 1 aliphatic heterocycles. The Morgan fingerprint density at radius 1 is 1.24 bits per heavy atom. The van der Waals surface area contributed by atoms with E-state index in [0.29, 0.717) is 24.3 Å². The molecule has 1 unspecified atom stereocenters. The van der Waals surface area contributed by atoms with Crippen molar-refractivity contribution in [3.63, 3.8) is 0 Å². The van der Waals surface area contributed by atoms with Gasteiger partial charge in [-0.3, -0.25) is 14.5 Å². The summed E-state index contributed by atoms with van der Waals surface area (Å²) >= 11 is 0. The van der Waals surface area contributed by atoms with E-state index < -0.39 is 17.5 Å². The largest absolute Gasteiger partial charge is 0.466 e. The van der Waals surface area contributed by atoms with Crippen LogP contribution in [0.2, 0.25) is 0 Å². The molecule has 1 fully saturated rings. The lowest BCUT2D eigenvalue weighted by atomic mass is 9.99. The number of amides is 3. The number of furan rings is 1. The summed E-state index contributed by atoms with van der Waals surface area (Å²) in [5.41, 5.74) is -0.115. The monoisotopic (exact) mass is 390 g/mol. The van der Waals surface area contributed by atoms with Crippen molar-refractivity contribution in [1.29, 1.82) is 5.26 Å². The van der Waals surface area contributed by atoms with Gasteiger partial charge in [-0.25, -0.2) is 4.79 Å². The molecule has 0 radical (unpaired) electrons. The number of nitriles is 1. The Balaban J connectivity index is 1.63. The predicted molar refractivity (Wildman–Crippen MR) is 103 cm³/mol. The molecule has 3 heterocycles. The number of urea groups is 1. The van der Waals surface area contributed by atoms with Crippen LogP contribution >= 0.6 is 0 Å². The first kappa shape index (κ1) is 18.5. The Morgan fingerprint density at radius 3 is 2.76 bits per heavy atom. The normalized spacial score (nSPS) is 18.8. The second-order valence-corrected chi connectivity index (χ2v) is 7.01. The number of benzene rings is 1. The summed E-state index contributed by atoms with van der Waals surface area (Å²) in [5, 5.41) is 12.2. The molecule has 1 aliphatic rings. The minimum Gasteiger partial charge on any atom is -0.466 e. The molecule has 4 rings (SSSR count). The van der Waals surface area contributed by atoms with E-state index >= 15 is 0 Å². The minimum atomic E-state index is -1.35. The number of nitrogens with zero attached hydrogens (tertiary/aromatic N) is 3. The number of Topliss-reactive ketones (excluding diaryl/α,β-unsaturated/α-hetero) is 1. The molecular formula is C21H18N4O4. The van der Waals surface area contributed by atoms with Crippen LogP contribution < -0.4 is 5.32 Å². The molecule has 2 aromatic heterocycles. The van der Waals surface area contributed by atoms with Crippen LogP contribution in [0.3, 0.4) is 0 Å². The summed E-state index contributed by atoms with van der Waals surface area (Å²) < 4.78 is 7.14. The van der Waals surface area contributed by atoms with Crippen molar-refractivity contribution >= 4 is 28.6 Å². The molecule has 1 atom stereocenters. The number of para-hydroxylation sites is 1. The van der Waals surface area contributed by atoms with Crippen LogP contribution in [-0.4, -0.2) is 33.7 Å². The number of fused-ring (bicyclic) bond motifs is 1. The van der Waals surface area contributed by atoms with Gasteiger partial charge in [-0.1, -0.05) is 18.2 Å². The van der Waals surface area contributed by atoms with Crippen LogP contribution in [0, 0.1) is 11.3 Å². The van der Waals surface area contributed by atoms with Crippen molar-refractivity contribution in [1.82, 2.24) is 14.8 Å². The fourth-order valence-corrected chi connectivity index (χ4v) is 3.62. The van der Waals surface area contributed by atoms with E-state index in [2.05, 4.69) is 11.4 Å². The zero-order chi connectivity index (χ0) is 20.6. The van der Waals surface area contributed by atoms with Gasteiger partial charge in [0.15, 0.2) is 11.3 Å². The summed E-state index contributed by atoms with van der Waals surface area (Å²) in [4.78, 5) is 39.3. The van der Waals surface area contributed by atoms with Gasteiger partial charge in [-0.05, 0) is 25.1 Å². The van der Waals surface area contributed by atoms with Crippen LogP contribution in [0.25, 0.3) is 10.9 Å². The number of aromatic nitrogens is 1. The highest BCUT2D eigenvalue weighted by molar-refractivity contribution is 6.14. The Morgan fingerprint density at radius 2 is 2.03 bits per heavy atom. The molecule has 8 heteroatoms. The summed E-state index contributed by atoms with van der Waals surface area (Å²) in [6.45, 7) is 1.61. The lowest BCUT2D eigenvalue weighted by Crippen LogP contribution is -2.41. The average molecular weight is 390 g/mol. The van der Waals surface area contributed by atoms with Crippen LogP contribution in [0.4, 0.5) is 4.79 Å². The zero-order valence-corrected chi connectivity index (χ0v) is 15.7. The Hall–Kier alpha value is -3.86. The smallest absolute Gasteiger partial charge is 0.325 e. The Bertz CT molecular complexity index is 1160. The van der Waals surface area contributed by atoms with Crippen molar-refractivity contribution < 1.29 is 18.8 Å². The molecule has 1 N–H and O–H groups in total. The van der Waals surface area contributed by atoms with Crippen LogP contribution in [0.5, 0.6) is 0 Å². The van der Waals surface area contributed by atoms with E-state index in [1.807, 2.05) is 28.8 Å². The first-order valence-electron chi connectivity index (χ1n) is 9.12. The molecule has 8 nitrogen and oxygen atoms in total. The lowest BCUT2D eigenvalue weighted by molar-refractivity contribution is -0.131. The number of nitrogens with one attached hydrogen (secondary N) is 1. The molecule has 29 heavy (non-hydrogen) atoms. The minimum absolute atomic E-state index is 0.305. The zero-order valence-electron chi connectivity index (χ0n) is 15.7. The molecular weight excluding hydrogens is 372 g/mol. The number of carbonyl (C=O) groups excluding carboxylic acids is 3. The highest BCUT2D eigenvalue weighted by Crippen LogP contribution is 2.30. The summed E-state index contributed by atoms with van der Waals surface area (Å²) in [6, 6.07) is 12.0. The number of ketones is 1. The van der Waals surface area contributed by atoms with E-state index in [1.54, 1.807) is 25.3 Å². The van der Waals surface area contributed by atoms with Gasteiger partial charge in [0.05, 0.1) is 25.3 Å². The standard InChI is InChI=1S/C21H18N4O4/c1-21(18-8-4-11-29-18)19(27)25(20(28)23-21)13-17(26)15-12-24(10-5-9-22)16-7-3-2-6-14(15)16/h2-4,6-8,11-12H,5,10,13H2,1H3,(H,23,28). The molecule has 146 valence electrons. The third kappa shape index (κ3) is 2.97. The molecule has 3 amide bonds. The van der Waals surface area contributed by atoms with Crippen LogP contribution in [0.1, 0.15) is 29.5 Å². The predicted octanol–water partition coefficient (Wildman–Crippen LogP) is 2.80. The van der Waals surface area contributed by atoms with Crippen molar-refractivity contribution in [3.05, 3.63) is 60.2 Å². The first-order valence-corrected chi connectivity index (χ1v) is 9.12. The van der Waals surface area contributed by atoms with Gasteiger partial charge in [0.1, 0.15) is 5.76 Å². The molecule has 0 spiro atoms. The van der Waals surface area contributed by atoms with Crippen molar-refractivity contribution in [2.75, 3.05) is 6.54 Å². The van der Waals surface area contributed by atoms with E-state index in [-0.39, 0.29) is 12.3 Å². The average Bonchev–Trinajstić information content (AvgIpc) is 3.42. The Labute approximate surface area is 166 Å². The third-order valence-corrected chi connectivity index (χ3v) is 5.14. The topological polar surface area (TPSA) is 108 Å². The number of aryl methyl sites for hydroxylation is 1. The van der Waals surface area contributed by atoms with Crippen LogP contribution in [0.15, 0.2) is 53.3 Å². The maximum Gasteiger partial charge on any atom is 0.325 e. The molecule has 0 saturated carbocycles. The number of hydrogen-bond acceptors (Lipinski definition) is 5.